The first-order valence-electron chi connectivity index (χ1n) is 1.39. The van der Waals surface area contributed by atoms with Crippen molar-refractivity contribution < 1.29 is 0 Å². The maximum absolute atomic E-state index is 7.77. The van der Waals surface area contributed by atoms with Gasteiger partial charge in [0.05, 0.1) is 6.07 Å². The van der Waals surface area contributed by atoms with E-state index in [1.54, 1.807) is 0 Å². The van der Waals surface area contributed by atoms with Crippen LogP contribution in [0.2, 0.25) is 0 Å². The number of nitriles is 1. The summed E-state index contributed by atoms with van der Waals surface area (Å²) in [5.74, 6) is 0.677. The molecule has 3 heteroatoms. The Balaban J connectivity index is 0. The van der Waals surface area contributed by atoms with E-state index in [0.29, 0.717) is 12.2 Å². The number of nitrogens with zero attached hydrogens (tertiary/aromatic N) is 1. The summed E-state index contributed by atoms with van der Waals surface area (Å²) in [5.41, 5.74) is 0. The maximum atomic E-state index is 7.77. The third kappa shape index (κ3) is 8.85. The molecule has 0 unspecified atom stereocenters. The summed E-state index contributed by atoms with van der Waals surface area (Å²) in [7, 11) is 0. The van der Waals surface area contributed by atoms with Crippen LogP contribution in [0, 0.1) is 11.3 Å². The van der Waals surface area contributed by atoms with Crippen LogP contribution >= 0.6 is 12.6 Å². The second kappa shape index (κ2) is 9.28. The minimum atomic E-state index is 0. The molecule has 0 amide bonds. The molecule has 6 heavy (non-hydrogen) atoms. The van der Waals surface area contributed by atoms with E-state index < -0.39 is 0 Å². The number of thiol groups is 1. The normalized spacial score (nSPS) is 5.33. The summed E-state index contributed by atoms with van der Waals surface area (Å²) in [4.78, 5) is 0. The van der Waals surface area contributed by atoms with Crippen molar-refractivity contribution in [1.29, 1.82) is 5.26 Å². The summed E-state index contributed by atoms with van der Waals surface area (Å²) in [6.07, 6.45) is 0.559. The zero-order valence-corrected chi connectivity index (χ0v) is 3.70. The van der Waals surface area contributed by atoms with Crippen molar-refractivity contribution in [2.45, 2.75) is 6.42 Å². The molecule has 0 aromatic carbocycles. The Morgan fingerprint density at radius 3 is 2.17 bits per heavy atom. The van der Waals surface area contributed by atoms with E-state index in [9.17, 15) is 0 Å². The van der Waals surface area contributed by atoms with Gasteiger partial charge in [0.15, 0.2) is 0 Å². The van der Waals surface area contributed by atoms with Gasteiger partial charge in [-0.3, -0.25) is 0 Å². The Morgan fingerprint density at radius 1 is 1.67 bits per heavy atom. The van der Waals surface area contributed by atoms with E-state index in [4.69, 9.17) is 5.26 Å². The van der Waals surface area contributed by atoms with E-state index in [2.05, 4.69) is 12.6 Å². The molecule has 0 aliphatic heterocycles. The van der Waals surface area contributed by atoms with Crippen molar-refractivity contribution in [3.8, 4) is 6.07 Å². The van der Waals surface area contributed by atoms with E-state index in [1.807, 2.05) is 6.07 Å². The Morgan fingerprint density at radius 2 is 2.17 bits per heavy atom. The summed E-state index contributed by atoms with van der Waals surface area (Å²) in [6.45, 7) is 0. The van der Waals surface area contributed by atoms with Crippen molar-refractivity contribution in [3.63, 3.8) is 0 Å². The van der Waals surface area contributed by atoms with Gasteiger partial charge in [-0.2, -0.15) is 17.9 Å². The van der Waals surface area contributed by atoms with E-state index >= 15 is 0 Å². The first-order chi connectivity index (χ1) is 2.41. The number of rotatable bonds is 1. The molecule has 0 atom stereocenters. The zero-order chi connectivity index (χ0) is 4.12. The average molecular weight is 111 g/mol. The molecule has 0 saturated heterocycles. The third-order valence-electron chi connectivity index (χ3n) is 0.224. The van der Waals surface area contributed by atoms with Crippen LogP contribution < -0.4 is 0 Å². The molecular formula is C3H6NNaS. The van der Waals surface area contributed by atoms with Gasteiger partial charge in [0.2, 0.25) is 0 Å². The van der Waals surface area contributed by atoms with Crippen LogP contribution in [0.15, 0.2) is 0 Å². The fraction of sp³-hybridized carbons (Fsp3) is 0.667. The molecular weight excluding hydrogens is 105 g/mol. The monoisotopic (exact) mass is 111 g/mol. The molecule has 0 aliphatic rings. The molecule has 1 nitrogen and oxygen atoms in total. The second-order valence-corrected chi connectivity index (χ2v) is 1.08. The molecule has 0 aliphatic carbocycles. The van der Waals surface area contributed by atoms with Crippen molar-refractivity contribution in [1.82, 2.24) is 0 Å². The van der Waals surface area contributed by atoms with Crippen LogP contribution in [0.5, 0.6) is 0 Å². The van der Waals surface area contributed by atoms with Crippen LogP contribution in [-0.2, 0) is 0 Å². The molecule has 0 bridgehead atoms. The number of hydrogen-bond donors (Lipinski definition) is 1. The predicted molar refractivity (Wildman–Crippen MR) is 31.2 cm³/mol. The van der Waals surface area contributed by atoms with Crippen LogP contribution in [0.25, 0.3) is 0 Å². The van der Waals surface area contributed by atoms with Crippen molar-refractivity contribution in [2.24, 2.45) is 0 Å². The summed E-state index contributed by atoms with van der Waals surface area (Å²) in [6, 6.07) is 1.94. The van der Waals surface area contributed by atoms with Gasteiger partial charge in [0.1, 0.15) is 0 Å². The van der Waals surface area contributed by atoms with Crippen LogP contribution in [0.1, 0.15) is 6.42 Å². The summed E-state index contributed by atoms with van der Waals surface area (Å²) in [5, 5.41) is 7.77. The van der Waals surface area contributed by atoms with Gasteiger partial charge in [-0.15, -0.1) is 0 Å². The van der Waals surface area contributed by atoms with Crippen LogP contribution in [0.4, 0.5) is 0 Å². The molecule has 0 rings (SSSR count). The second-order valence-electron chi connectivity index (χ2n) is 0.632. The first kappa shape index (κ1) is 9.96. The molecule has 0 radical (unpaired) electrons. The molecule has 0 aromatic heterocycles. The van der Waals surface area contributed by atoms with Crippen LogP contribution in [-0.4, -0.2) is 35.3 Å². The molecule has 0 spiro atoms. The quantitative estimate of drug-likeness (QED) is 0.379. The summed E-state index contributed by atoms with van der Waals surface area (Å²) >= 11 is 3.78. The van der Waals surface area contributed by atoms with Crippen molar-refractivity contribution in [3.05, 3.63) is 0 Å². The molecule has 0 aromatic rings. The standard InChI is InChI=1S/C3H5NS.Na.H/c4-2-1-3-5;;/h5H,1,3H2;;. The first-order valence-corrected chi connectivity index (χ1v) is 2.03. The SMILES string of the molecule is N#CCCS.[NaH]. The van der Waals surface area contributed by atoms with Crippen LogP contribution in [0.3, 0.4) is 0 Å². The van der Waals surface area contributed by atoms with Gasteiger partial charge in [-0.1, -0.05) is 0 Å². The van der Waals surface area contributed by atoms with Gasteiger partial charge in [0, 0.05) is 12.2 Å². The van der Waals surface area contributed by atoms with Gasteiger partial charge in [-0.25, -0.2) is 0 Å². The van der Waals surface area contributed by atoms with Crippen molar-refractivity contribution >= 4 is 42.2 Å². The Hall–Kier alpha value is 0.840. The Kier molecular flexibility index (Phi) is 15.4. The fourth-order valence-electron chi connectivity index (χ4n) is 0.0500. The van der Waals surface area contributed by atoms with Gasteiger partial charge in [-0.05, 0) is 0 Å². The minimum absolute atomic E-state index is 0. The molecule has 0 heterocycles. The van der Waals surface area contributed by atoms with Gasteiger partial charge < -0.3 is 0 Å². The van der Waals surface area contributed by atoms with Crippen molar-refractivity contribution in [2.75, 3.05) is 5.75 Å². The topological polar surface area (TPSA) is 23.8 Å². The van der Waals surface area contributed by atoms with Gasteiger partial charge in [0.25, 0.3) is 0 Å². The summed E-state index contributed by atoms with van der Waals surface area (Å²) < 4.78 is 0. The van der Waals surface area contributed by atoms with E-state index in [0.717, 1.165) is 0 Å². The average Bonchev–Trinajstić information content (AvgIpc) is 1.41. The van der Waals surface area contributed by atoms with E-state index in [1.165, 1.54) is 0 Å². The molecule has 30 valence electrons. The third-order valence-corrected chi connectivity index (χ3v) is 0.447. The molecule has 0 fully saturated rings. The van der Waals surface area contributed by atoms with E-state index in [-0.39, 0.29) is 29.6 Å². The fourth-order valence-corrected chi connectivity index (χ4v) is 0.150. The predicted octanol–water partition coefficient (Wildman–Crippen LogP) is 0.181. The Bertz CT molecular complexity index is 49.2. The number of hydrogen-bond acceptors (Lipinski definition) is 2. The zero-order valence-electron chi connectivity index (χ0n) is 2.81. The Labute approximate surface area is 65.4 Å². The molecule has 0 saturated carbocycles. The van der Waals surface area contributed by atoms with Gasteiger partial charge >= 0.3 is 29.6 Å². The molecule has 0 N–H and O–H groups in total.